The van der Waals surface area contributed by atoms with E-state index < -0.39 is 22.7 Å². The van der Waals surface area contributed by atoms with Crippen LogP contribution in [0.2, 0.25) is 5.02 Å². The normalized spacial score (nSPS) is 11.7. The fourth-order valence-electron chi connectivity index (χ4n) is 2.48. The molecule has 0 fully saturated rings. The summed E-state index contributed by atoms with van der Waals surface area (Å²) in [6.07, 6.45) is -2.81. The van der Waals surface area contributed by atoms with Gasteiger partial charge >= 0.3 is 6.18 Å². The third-order valence-corrected chi connectivity index (χ3v) is 3.91. The topological polar surface area (TPSA) is 44.9 Å². The Bertz CT molecular complexity index is 902. The Kier molecular flexibility index (Phi) is 4.24. The molecule has 2 aromatic carbocycles. The molecule has 0 spiro atoms. The molecule has 3 rings (SSSR count). The van der Waals surface area contributed by atoms with Gasteiger partial charge in [0.05, 0.1) is 17.0 Å². The van der Waals surface area contributed by atoms with Crippen LogP contribution >= 0.6 is 11.6 Å². The lowest BCUT2D eigenvalue weighted by atomic mass is 10.1. The minimum Gasteiger partial charge on any atom is -0.361 e. The summed E-state index contributed by atoms with van der Waals surface area (Å²) >= 11 is 5.56. The molecule has 7 heteroatoms. The minimum atomic E-state index is -4.57. The van der Waals surface area contributed by atoms with Crippen molar-refractivity contribution in [2.24, 2.45) is 0 Å². The smallest absolute Gasteiger partial charge is 0.361 e. The van der Waals surface area contributed by atoms with Gasteiger partial charge in [0.25, 0.3) is 0 Å². The first-order chi connectivity index (χ1) is 11.3. The molecule has 0 bridgehead atoms. The first kappa shape index (κ1) is 16.4. The number of benzene rings is 2. The quantitative estimate of drug-likeness (QED) is 0.683. The van der Waals surface area contributed by atoms with E-state index in [4.69, 9.17) is 11.6 Å². The number of aromatic nitrogens is 1. The van der Waals surface area contributed by atoms with E-state index >= 15 is 0 Å². The summed E-state index contributed by atoms with van der Waals surface area (Å²) in [6.45, 7) is 0. The van der Waals surface area contributed by atoms with Crippen LogP contribution in [-0.4, -0.2) is 10.9 Å². The second-order valence-corrected chi connectivity index (χ2v) is 5.68. The van der Waals surface area contributed by atoms with Gasteiger partial charge in [-0.25, -0.2) is 0 Å². The fraction of sp³-hybridized carbons (Fsp3) is 0.118. The molecular weight excluding hydrogens is 341 g/mol. The molecule has 0 unspecified atom stereocenters. The molecule has 0 aliphatic heterocycles. The molecule has 0 saturated heterocycles. The van der Waals surface area contributed by atoms with Crippen molar-refractivity contribution in [1.29, 1.82) is 0 Å². The number of aromatic amines is 1. The average molecular weight is 353 g/mol. The van der Waals surface area contributed by atoms with Crippen LogP contribution in [0.1, 0.15) is 11.1 Å². The first-order valence-electron chi connectivity index (χ1n) is 7.06. The molecule has 0 aliphatic carbocycles. The molecule has 1 heterocycles. The van der Waals surface area contributed by atoms with E-state index in [0.29, 0.717) is 0 Å². The number of fused-ring (bicyclic) bond motifs is 1. The zero-order chi connectivity index (χ0) is 17.3. The second-order valence-electron chi connectivity index (χ2n) is 5.28. The molecule has 24 heavy (non-hydrogen) atoms. The van der Waals surface area contributed by atoms with E-state index in [9.17, 15) is 18.0 Å². The summed E-state index contributed by atoms with van der Waals surface area (Å²) < 4.78 is 38.5. The zero-order valence-corrected chi connectivity index (χ0v) is 13.0. The molecule has 1 aromatic heterocycles. The van der Waals surface area contributed by atoms with Crippen molar-refractivity contribution >= 4 is 34.1 Å². The Balaban J connectivity index is 1.78. The lowest BCUT2D eigenvalue weighted by Gasteiger charge is -2.11. The van der Waals surface area contributed by atoms with Gasteiger partial charge in [0.15, 0.2) is 0 Å². The maximum atomic E-state index is 12.8. The summed E-state index contributed by atoms with van der Waals surface area (Å²) in [6, 6.07) is 10.8. The number of carbonyl (C=O) groups is 1. The number of rotatable bonds is 3. The largest absolute Gasteiger partial charge is 0.417 e. The Hall–Kier alpha value is -2.47. The number of amides is 1. The molecule has 0 aliphatic rings. The third-order valence-electron chi connectivity index (χ3n) is 3.58. The van der Waals surface area contributed by atoms with Crippen LogP contribution in [-0.2, 0) is 17.4 Å². The van der Waals surface area contributed by atoms with Gasteiger partial charge in [0.1, 0.15) is 0 Å². The number of nitrogens with one attached hydrogen (secondary N) is 2. The van der Waals surface area contributed by atoms with Crippen LogP contribution in [0.4, 0.5) is 18.9 Å². The van der Waals surface area contributed by atoms with Crippen molar-refractivity contribution in [3.05, 3.63) is 64.8 Å². The maximum absolute atomic E-state index is 12.8. The molecule has 2 N–H and O–H groups in total. The minimum absolute atomic E-state index is 0.0496. The van der Waals surface area contributed by atoms with Crippen LogP contribution < -0.4 is 5.32 Å². The predicted molar refractivity (Wildman–Crippen MR) is 87.1 cm³/mol. The standard InChI is InChI=1S/C17H12ClF3N2O/c18-14-6-5-11(8-13(14)17(19,20)21)23-16(24)7-10-9-22-15-4-2-1-3-12(10)15/h1-6,8-9,22H,7H2,(H,23,24). The highest BCUT2D eigenvalue weighted by molar-refractivity contribution is 6.31. The zero-order valence-electron chi connectivity index (χ0n) is 12.2. The number of H-pyrrole nitrogens is 1. The van der Waals surface area contributed by atoms with E-state index in [2.05, 4.69) is 10.3 Å². The van der Waals surface area contributed by atoms with Gasteiger partial charge in [-0.1, -0.05) is 29.8 Å². The Labute approximate surface area is 140 Å². The molecule has 0 radical (unpaired) electrons. The van der Waals surface area contributed by atoms with E-state index in [0.717, 1.165) is 28.6 Å². The lowest BCUT2D eigenvalue weighted by Crippen LogP contribution is -2.15. The highest BCUT2D eigenvalue weighted by Crippen LogP contribution is 2.36. The monoisotopic (exact) mass is 352 g/mol. The van der Waals surface area contributed by atoms with Crippen molar-refractivity contribution in [3.63, 3.8) is 0 Å². The number of para-hydroxylation sites is 1. The van der Waals surface area contributed by atoms with Crippen molar-refractivity contribution in [2.45, 2.75) is 12.6 Å². The fourth-order valence-corrected chi connectivity index (χ4v) is 2.70. The molecule has 3 nitrogen and oxygen atoms in total. The predicted octanol–water partition coefficient (Wildman–Crippen LogP) is 5.02. The Morgan fingerprint density at radius 2 is 1.92 bits per heavy atom. The van der Waals surface area contributed by atoms with Crippen molar-refractivity contribution in [1.82, 2.24) is 4.98 Å². The van der Waals surface area contributed by atoms with Crippen LogP contribution in [0.15, 0.2) is 48.7 Å². The number of hydrogen-bond acceptors (Lipinski definition) is 1. The summed E-state index contributed by atoms with van der Waals surface area (Å²) in [5.41, 5.74) is 0.741. The van der Waals surface area contributed by atoms with Gasteiger partial charge in [-0.05, 0) is 29.8 Å². The molecule has 1 amide bonds. The number of carbonyl (C=O) groups excluding carboxylic acids is 1. The molecule has 0 atom stereocenters. The van der Waals surface area contributed by atoms with Crippen LogP contribution in [0.5, 0.6) is 0 Å². The molecular formula is C17H12ClF3N2O. The third kappa shape index (κ3) is 3.38. The maximum Gasteiger partial charge on any atom is 0.417 e. The Morgan fingerprint density at radius 3 is 2.67 bits per heavy atom. The van der Waals surface area contributed by atoms with Crippen molar-refractivity contribution < 1.29 is 18.0 Å². The van der Waals surface area contributed by atoms with Crippen LogP contribution in [0.25, 0.3) is 10.9 Å². The molecule has 124 valence electrons. The van der Waals surface area contributed by atoms with Gasteiger partial charge < -0.3 is 10.3 Å². The molecule has 3 aromatic rings. The van der Waals surface area contributed by atoms with Gasteiger partial charge in [-0.2, -0.15) is 13.2 Å². The van der Waals surface area contributed by atoms with Gasteiger partial charge in [-0.3, -0.25) is 4.79 Å². The van der Waals surface area contributed by atoms with Gasteiger partial charge in [0, 0.05) is 22.8 Å². The van der Waals surface area contributed by atoms with Gasteiger partial charge in [0.2, 0.25) is 5.91 Å². The van der Waals surface area contributed by atoms with Crippen molar-refractivity contribution in [3.8, 4) is 0 Å². The average Bonchev–Trinajstić information content (AvgIpc) is 2.91. The highest BCUT2D eigenvalue weighted by atomic mass is 35.5. The Morgan fingerprint density at radius 1 is 1.17 bits per heavy atom. The van der Waals surface area contributed by atoms with E-state index in [1.54, 1.807) is 6.20 Å². The number of alkyl halides is 3. The first-order valence-corrected chi connectivity index (χ1v) is 7.44. The number of halogens is 4. The molecule has 0 saturated carbocycles. The van der Waals surface area contributed by atoms with E-state index in [1.165, 1.54) is 6.07 Å². The summed E-state index contributed by atoms with van der Waals surface area (Å²) in [5.74, 6) is -0.407. The van der Waals surface area contributed by atoms with Crippen LogP contribution in [0.3, 0.4) is 0 Å². The highest BCUT2D eigenvalue weighted by Gasteiger charge is 2.33. The second kappa shape index (κ2) is 6.20. The summed E-state index contributed by atoms with van der Waals surface area (Å²) in [5, 5.41) is 2.97. The number of hydrogen-bond donors (Lipinski definition) is 2. The SMILES string of the molecule is O=C(Cc1c[nH]c2ccccc12)Nc1ccc(Cl)c(C(F)(F)F)c1. The van der Waals surface area contributed by atoms with E-state index in [1.807, 2.05) is 24.3 Å². The summed E-state index contributed by atoms with van der Waals surface area (Å²) in [4.78, 5) is 15.2. The van der Waals surface area contributed by atoms with E-state index in [-0.39, 0.29) is 12.1 Å². The van der Waals surface area contributed by atoms with Crippen molar-refractivity contribution in [2.75, 3.05) is 5.32 Å². The lowest BCUT2D eigenvalue weighted by molar-refractivity contribution is -0.137. The number of anilines is 1. The van der Waals surface area contributed by atoms with Gasteiger partial charge in [-0.15, -0.1) is 0 Å². The summed E-state index contributed by atoms with van der Waals surface area (Å²) in [7, 11) is 0. The van der Waals surface area contributed by atoms with Crippen LogP contribution in [0, 0.1) is 0 Å².